The van der Waals surface area contributed by atoms with E-state index in [1.165, 1.54) is 0 Å². The minimum absolute atomic E-state index is 0.00865. The lowest BCUT2D eigenvalue weighted by Crippen LogP contribution is -2.51. The number of rotatable bonds is 3. The van der Waals surface area contributed by atoms with E-state index in [-0.39, 0.29) is 23.5 Å². The minimum Gasteiger partial charge on any atom is -0.366 e. The van der Waals surface area contributed by atoms with Gasteiger partial charge in [-0.15, -0.1) is 0 Å². The normalized spacial score (nSPS) is 19.7. The molecule has 0 bridgehead atoms. The highest BCUT2D eigenvalue weighted by Crippen LogP contribution is 2.34. The third kappa shape index (κ3) is 4.17. The smallest absolute Gasteiger partial charge is 0.272 e. The lowest BCUT2D eigenvalue weighted by Gasteiger charge is -2.43. The van der Waals surface area contributed by atoms with E-state index in [2.05, 4.69) is 38.0 Å². The standard InChI is InChI=1S/C25H29N3O2/c1-25(2,3)23-17-28(16-22(30-23)19-13-9-6-10-14-19)24(29)21-15-20(26-27(21)4)18-11-7-5-8-12-18/h5-15,22-23H,16-17H2,1-4H3/t22-,23+/m0/s1. The molecule has 0 aliphatic carbocycles. The first-order valence-corrected chi connectivity index (χ1v) is 10.4. The van der Waals surface area contributed by atoms with Gasteiger partial charge in [0.1, 0.15) is 11.8 Å². The number of aryl methyl sites for hydroxylation is 1. The van der Waals surface area contributed by atoms with Crippen LogP contribution in [0.25, 0.3) is 11.3 Å². The van der Waals surface area contributed by atoms with Gasteiger partial charge in [0.15, 0.2) is 0 Å². The van der Waals surface area contributed by atoms with Crippen LogP contribution in [0.1, 0.15) is 42.9 Å². The summed E-state index contributed by atoms with van der Waals surface area (Å²) in [6, 6.07) is 22.0. The number of nitrogens with zero attached hydrogens (tertiary/aromatic N) is 3. The monoisotopic (exact) mass is 403 g/mol. The fourth-order valence-electron chi connectivity index (χ4n) is 3.83. The lowest BCUT2D eigenvalue weighted by molar-refractivity contribution is -0.119. The van der Waals surface area contributed by atoms with Crippen molar-refractivity contribution < 1.29 is 9.53 Å². The number of hydrogen-bond acceptors (Lipinski definition) is 3. The molecule has 30 heavy (non-hydrogen) atoms. The fourth-order valence-corrected chi connectivity index (χ4v) is 3.83. The topological polar surface area (TPSA) is 47.4 Å². The van der Waals surface area contributed by atoms with Crippen molar-refractivity contribution in [2.24, 2.45) is 12.5 Å². The summed E-state index contributed by atoms with van der Waals surface area (Å²) < 4.78 is 8.13. The van der Waals surface area contributed by atoms with Crippen molar-refractivity contribution in [2.75, 3.05) is 13.1 Å². The van der Waals surface area contributed by atoms with Gasteiger partial charge in [0, 0.05) is 19.2 Å². The van der Waals surface area contributed by atoms with Gasteiger partial charge in [-0.3, -0.25) is 9.48 Å². The van der Waals surface area contributed by atoms with E-state index in [0.29, 0.717) is 18.8 Å². The average molecular weight is 404 g/mol. The number of benzene rings is 2. The van der Waals surface area contributed by atoms with Crippen molar-refractivity contribution >= 4 is 5.91 Å². The minimum atomic E-state index is -0.144. The predicted molar refractivity (Wildman–Crippen MR) is 118 cm³/mol. The number of morpholine rings is 1. The Balaban J connectivity index is 1.63. The zero-order valence-corrected chi connectivity index (χ0v) is 18.1. The van der Waals surface area contributed by atoms with Crippen molar-refractivity contribution in [3.05, 3.63) is 78.0 Å². The van der Waals surface area contributed by atoms with Crippen molar-refractivity contribution in [1.82, 2.24) is 14.7 Å². The molecular formula is C25H29N3O2. The molecule has 2 heterocycles. The SMILES string of the molecule is Cn1nc(-c2ccccc2)cc1C(=O)N1C[C@@H](c2ccccc2)O[C@@H](C(C)(C)C)C1. The van der Waals surface area contributed by atoms with Gasteiger partial charge in [-0.2, -0.15) is 5.10 Å². The van der Waals surface area contributed by atoms with Crippen molar-refractivity contribution in [2.45, 2.75) is 33.0 Å². The molecule has 0 unspecified atom stereocenters. The first-order chi connectivity index (χ1) is 14.3. The summed E-state index contributed by atoms with van der Waals surface area (Å²) in [6.07, 6.45) is -0.197. The third-order valence-electron chi connectivity index (χ3n) is 5.69. The lowest BCUT2D eigenvalue weighted by atomic mass is 9.87. The largest absolute Gasteiger partial charge is 0.366 e. The summed E-state index contributed by atoms with van der Waals surface area (Å²) in [5.41, 5.74) is 3.42. The molecule has 4 rings (SSSR count). The Morgan fingerprint density at radius 1 is 1.00 bits per heavy atom. The van der Waals surface area contributed by atoms with Crippen LogP contribution in [0.2, 0.25) is 0 Å². The molecule has 2 aromatic carbocycles. The predicted octanol–water partition coefficient (Wildman–Crippen LogP) is 4.72. The quantitative estimate of drug-likeness (QED) is 0.636. The Bertz CT molecular complexity index is 1010. The van der Waals surface area contributed by atoms with E-state index in [9.17, 15) is 4.79 Å². The molecule has 1 aliphatic heterocycles. The summed E-state index contributed by atoms with van der Waals surface area (Å²) in [6.45, 7) is 7.57. The van der Waals surface area contributed by atoms with Crippen molar-refractivity contribution in [3.63, 3.8) is 0 Å². The van der Waals surface area contributed by atoms with E-state index in [4.69, 9.17) is 4.74 Å². The molecule has 2 atom stereocenters. The molecule has 1 amide bonds. The maximum atomic E-state index is 13.5. The highest BCUT2D eigenvalue weighted by atomic mass is 16.5. The van der Waals surface area contributed by atoms with Crippen LogP contribution in [0.3, 0.4) is 0 Å². The number of amides is 1. The van der Waals surface area contributed by atoms with Gasteiger partial charge in [0.25, 0.3) is 5.91 Å². The molecule has 1 saturated heterocycles. The molecular weight excluding hydrogens is 374 g/mol. The second kappa shape index (κ2) is 8.07. The molecule has 0 spiro atoms. The van der Waals surface area contributed by atoms with Crippen LogP contribution in [-0.4, -0.2) is 39.8 Å². The zero-order chi connectivity index (χ0) is 21.3. The van der Waals surface area contributed by atoms with Gasteiger partial charge in [-0.1, -0.05) is 81.4 Å². The molecule has 156 valence electrons. The second-order valence-electron chi connectivity index (χ2n) is 9.00. The van der Waals surface area contributed by atoms with Crippen LogP contribution in [0.15, 0.2) is 66.7 Å². The maximum absolute atomic E-state index is 13.5. The van der Waals surface area contributed by atoms with E-state index >= 15 is 0 Å². The molecule has 0 N–H and O–H groups in total. The Kier molecular flexibility index (Phi) is 5.48. The number of carbonyl (C=O) groups excluding carboxylic acids is 1. The van der Waals surface area contributed by atoms with Crippen molar-refractivity contribution in [3.8, 4) is 11.3 Å². The van der Waals surface area contributed by atoms with E-state index in [1.54, 1.807) is 4.68 Å². The Hall–Kier alpha value is -2.92. The van der Waals surface area contributed by atoms with Gasteiger partial charge in [0.05, 0.1) is 18.3 Å². The summed E-state index contributed by atoms with van der Waals surface area (Å²) in [5.74, 6) is -0.00865. The van der Waals surface area contributed by atoms with Crippen LogP contribution in [-0.2, 0) is 11.8 Å². The highest BCUT2D eigenvalue weighted by molar-refractivity contribution is 5.94. The van der Waals surface area contributed by atoms with Gasteiger partial charge in [-0.05, 0) is 17.0 Å². The van der Waals surface area contributed by atoms with Gasteiger partial charge in [-0.25, -0.2) is 0 Å². The maximum Gasteiger partial charge on any atom is 0.272 e. The van der Waals surface area contributed by atoms with Crippen LogP contribution >= 0.6 is 0 Å². The van der Waals surface area contributed by atoms with Crippen molar-refractivity contribution in [1.29, 1.82) is 0 Å². The Morgan fingerprint density at radius 2 is 1.63 bits per heavy atom. The molecule has 5 nitrogen and oxygen atoms in total. The zero-order valence-electron chi connectivity index (χ0n) is 18.1. The van der Waals surface area contributed by atoms with Gasteiger partial charge in [0.2, 0.25) is 0 Å². The van der Waals surface area contributed by atoms with E-state index in [0.717, 1.165) is 16.8 Å². The average Bonchev–Trinajstić information content (AvgIpc) is 3.15. The molecule has 1 aliphatic rings. The Morgan fingerprint density at radius 3 is 2.27 bits per heavy atom. The van der Waals surface area contributed by atoms with Crippen LogP contribution < -0.4 is 0 Å². The summed E-state index contributed by atoms with van der Waals surface area (Å²) in [4.78, 5) is 15.4. The molecule has 3 aromatic rings. The number of ether oxygens (including phenoxy) is 1. The van der Waals surface area contributed by atoms with Crippen LogP contribution in [0, 0.1) is 5.41 Å². The first kappa shape index (κ1) is 20.4. The fraction of sp³-hybridized carbons (Fsp3) is 0.360. The second-order valence-corrected chi connectivity index (χ2v) is 9.00. The number of hydrogen-bond donors (Lipinski definition) is 0. The molecule has 0 saturated carbocycles. The van der Waals surface area contributed by atoms with Gasteiger partial charge >= 0.3 is 0 Å². The van der Waals surface area contributed by atoms with Gasteiger partial charge < -0.3 is 9.64 Å². The van der Waals surface area contributed by atoms with Crippen LogP contribution in [0.5, 0.6) is 0 Å². The van der Waals surface area contributed by atoms with Crippen LogP contribution in [0.4, 0.5) is 0 Å². The summed E-state index contributed by atoms with van der Waals surface area (Å²) >= 11 is 0. The molecule has 1 fully saturated rings. The summed E-state index contributed by atoms with van der Waals surface area (Å²) in [7, 11) is 1.83. The molecule has 5 heteroatoms. The molecule has 0 radical (unpaired) electrons. The Labute approximate surface area is 178 Å². The number of carbonyl (C=O) groups is 1. The third-order valence-corrected chi connectivity index (χ3v) is 5.69. The first-order valence-electron chi connectivity index (χ1n) is 10.4. The number of aromatic nitrogens is 2. The summed E-state index contributed by atoms with van der Waals surface area (Å²) in [5, 5.41) is 4.58. The van der Waals surface area contributed by atoms with E-state index < -0.39 is 0 Å². The molecule has 1 aromatic heterocycles. The van der Waals surface area contributed by atoms with E-state index in [1.807, 2.05) is 66.5 Å². The highest BCUT2D eigenvalue weighted by Gasteiger charge is 2.38.